The van der Waals surface area contributed by atoms with E-state index in [1.807, 2.05) is 11.4 Å². The molecule has 1 amide bonds. The van der Waals surface area contributed by atoms with Gasteiger partial charge < -0.3 is 10.6 Å². The van der Waals surface area contributed by atoms with Crippen LogP contribution < -0.4 is 10.6 Å². The van der Waals surface area contributed by atoms with Gasteiger partial charge in [0.15, 0.2) is 0 Å². The average molecular weight is 235 g/mol. The van der Waals surface area contributed by atoms with Crippen molar-refractivity contribution in [1.82, 2.24) is 10.6 Å². The zero-order valence-electron chi connectivity index (χ0n) is 8.82. The van der Waals surface area contributed by atoms with Crippen molar-refractivity contribution in [3.8, 4) is 6.07 Å². The van der Waals surface area contributed by atoms with Crippen molar-refractivity contribution in [1.29, 1.82) is 5.26 Å². The van der Waals surface area contributed by atoms with Crippen molar-refractivity contribution < 1.29 is 4.79 Å². The highest BCUT2D eigenvalue weighted by Gasteiger charge is 2.19. The molecule has 1 atom stereocenters. The maximum absolute atomic E-state index is 11.0. The number of amides is 1. The molecule has 2 heterocycles. The van der Waals surface area contributed by atoms with Crippen molar-refractivity contribution in [2.45, 2.75) is 25.4 Å². The van der Waals surface area contributed by atoms with Crippen LogP contribution in [-0.4, -0.2) is 18.5 Å². The second-order valence-corrected chi connectivity index (χ2v) is 4.84. The molecule has 1 aromatic rings. The lowest BCUT2D eigenvalue weighted by Gasteiger charge is -2.10. The maximum Gasteiger partial charge on any atom is 0.220 e. The van der Waals surface area contributed by atoms with Crippen LogP contribution in [0.15, 0.2) is 11.4 Å². The molecule has 0 aliphatic carbocycles. The molecule has 0 saturated carbocycles. The molecule has 0 bridgehead atoms. The first-order valence-electron chi connectivity index (χ1n) is 5.25. The van der Waals surface area contributed by atoms with Gasteiger partial charge in [-0.1, -0.05) is 0 Å². The van der Waals surface area contributed by atoms with Crippen molar-refractivity contribution in [3.63, 3.8) is 0 Å². The fourth-order valence-corrected chi connectivity index (χ4v) is 2.51. The number of nitrogens with one attached hydrogen (secondary N) is 2. The second kappa shape index (κ2) is 5.10. The molecule has 16 heavy (non-hydrogen) atoms. The van der Waals surface area contributed by atoms with E-state index < -0.39 is 0 Å². The summed E-state index contributed by atoms with van der Waals surface area (Å²) >= 11 is 1.58. The molecule has 1 aliphatic heterocycles. The normalized spacial score (nSPS) is 19.4. The van der Waals surface area contributed by atoms with Crippen LogP contribution in [0.3, 0.4) is 0 Å². The van der Waals surface area contributed by atoms with Crippen molar-refractivity contribution in [3.05, 3.63) is 21.9 Å². The lowest BCUT2D eigenvalue weighted by molar-refractivity contribution is -0.119. The molecule has 2 N–H and O–H groups in total. The minimum absolute atomic E-state index is 0.148. The van der Waals surface area contributed by atoms with Gasteiger partial charge in [0, 0.05) is 35.8 Å². The van der Waals surface area contributed by atoms with Crippen LogP contribution in [0.5, 0.6) is 0 Å². The predicted octanol–water partition coefficient (Wildman–Crippen LogP) is 0.988. The minimum Gasteiger partial charge on any atom is -0.352 e. The molecule has 2 rings (SSSR count). The smallest absolute Gasteiger partial charge is 0.220 e. The van der Waals surface area contributed by atoms with Crippen LogP contribution in [0.2, 0.25) is 0 Å². The lowest BCUT2D eigenvalue weighted by atomic mass is 10.2. The highest BCUT2D eigenvalue weighted by atomic mass is 32.1. The zero-order valence-corrected chi connectivity index (χ0v) is 9.64. The highest BCUT2D eigenvalue weighted by molar-refractivity contribution is 7.10. The first-order chi connectivity index (χ1) is 7.78. The first kappa shape index (κ1) is 11.1. The van der Waals surface area contributed by atoms with E-state index in [9.17, 15) is 4.79 Å². The van der Waals surface area contributed by atoms with E-state index in [2.05, 4.69) is 16.7 Å². The third-order valence-electron chi connectivity index (χ3n) is 2.56. The summed E-state index contributed by atoms with van der Waals surface area (Å²) in [4.78, 5) is 12.1. The number of hydrogen-bond donors (Lipinski definition) is 2. The van der Waals surface area contributed by atoms with Gasteiger partial charge in [-0.3, -0.25) is 4.79 Å². The number of carbonyl (C=O) groups is 1. The Balaban J connectivity index is 1.72. The molecule has 4 nitrogen and oxygen atoms in total. The second-order valence-electron chi connectivity index (χ2n) is 3.85. The molecule has 84 valence electrons. The first-order valence-corrected chi connectivity index (χ1v) is 6.13. The van der Waals surface area contributed by atoms with Gasteiger partial charge in [0.2, 0.25) is 5.91 Å². The number of nitriles is 1. The van der Waals surface area contributed by atoms with Crippen LogP contribution in [0.25, 0.3) is 0 Å². The topological polar surface area (TPSA) is 64.9 Å². The summed E-state index contributed by atoms with van der Waals surface area (Å²) in [6.45, 7) is 1.56. The van der Waals surface area contributed by atoms with Crippen molar-refractivity contribution in [2.75, 3.05) is 6.54 Å². The van der Waals surface area contributed by atoms with E-state index in [4.69, 9.17) is 5.26 Å². The van der Waals surface area contributed by atoms with Crippen LogP contribution >= 0.6 is 11.3 Å². The molecule has 1 fully saturated rings. The Labute approximate surface area is 98.3 Å². The van der Waals surface area contributed by atoms with Gasteiger partial charge in [-0.2, -0.15) is 5.26 Å². The molecular formula is C11H13N3OS. The Morgan fingerprint density at radius 3 is 3.19 bits per heavy atom. The summed E-state index contributed by atoms with van der Waals surface area (Å²) < 4.78 is 0. The molecule has 1 unspecified atom stereocenters. The summed E-state index contributed by atoms with van der Waals surface area (Å²) in [5, 5.41) is 16.7. The largest absolute Gasteiger partial charge is 0.352 e. The third kappa shape index (κ3) is 2.81. The van der Waals surface area contributed by atoms with E-state index in [1.54, 1.807) is 11.3 Å². The Bertz CT molecular complexity index is 421. The summed E-state index contributed by atoms with van der Waals surface area (Å²) in [6.07, 6.45) is 1.56. The van der Waals surface area contributed by atoms with Crippen LogP contribution in [0.1, 0.15) is 23.3 Å². The molecule has 1 aliphatic rings. The fourth-order valence-electron chi connectivity index (χ4n) is 1.73. The number of hydrogen-bond acceptors (Lipinski definition) is 4. The maximum atomic E-state index is 11.0. The Morgan fingerprint density at radius 1 is 1.69 bits per heavy atom. The number of nitrogens with zero attached hydrogens (tertiary/aromatic N) is 1. The van der Waals surface area contributed by atoms with Gasteiger partial charge in [-0.05, 0) is 12.5 Å². The standard InChI is InChI=1S/C11H13N3OS/c12-4-8-3-10(16-7-8)6-13-5-9-1-2-11(15)14-9/h3,7,9,13H,1-2,5-6H2,(H,14,15). The molecule has 0 radical (unpaired) electrons. The summed E-state index contributed by atoms with van der Waals surface area (Å²) in [6, 6.07) is 4.27. The van der Waals surface area contributed by atoms with Crippen LogP contribution in [-0.2, 0) is 11.3 Å². The van der Waals surface area contributed by atoms with E-state index in [1.165, 1.54) is 0 Å². The van der Waals surface area contributed by atoms with Crippen molar-refractivity contribution in [2.24, 2.45) is 0 Å². The van der Waals surface area contributed by atoms with E-state index >= 15 is 0 Å². The number of carbonyl (C=O) groups excluding carboxylic acids is 1. The van der Waals surface area contributed by atoms with Gasteiger partial charge in [-0.25, -0.2) is 0 Å². The molecular weight excluding hydrogens is 222 g/mol. The summed E-state index contributed by atoms with van der Waals surface area (Å²) in [5.74, 6) is 0.148. The zero-order chi connectivity index (χ0) is 11.4. The van der Waals surface area contributed by atoms with Gasteiger partial charge in [0.25, 0.3) is 0 Å². The van der Waals surface area contributed by atoms with E-state index in [-0.39, 0.29) is 11.9 Å². The quantitative estimate of drug-likeness (QED) is 0.818. The molecule has 0 spiro atoms. The van der Waals surface area contributed by atoms with Gasteiger partial charge in [-0.15, -0.1) is 11.3 Å². The van der Waals surface area contributed by atoms with Gasteiger partial charge in [0.1, 0.15) is 6.07 Å². The Kier molecular flexibility index (Phi) is 3.54. The van der Waals surface area contributed by atoms with Gasteiger partial charge >= 0.3 is 0 Å². The Hall–Kier alpha value is -1.38. The number of thiophene rings is 1. The van der Waals surface area contributed by atoms with Crippen molar-refractivity contribution >= 4 is 17.2 Å². The number of rotatable bonds is 4. The summed E-state index contributed by atoms with van der Waals surface area (Å²) in [5.41, 5.74) is 0.718. The van der Waals surface area contributed by atoms with Gasteiger partial charge in [0.05, 0.1) is 5.56 Å². The summed E-state index contributed by atoms with van der Waals surface area (Å²) in [7, 11) is 0. The SMILES string of the molecule is N#Cc1csc(CNCC2CCC(=O)N2)c1. The van der Waals surface area contributed by atoms with Crippen LogP contribution in [0, 0.1) is 11.3 Å². The van der Waals surface area contributed by atoms with E-state index in [0.29, 0.717) is 6.42 Å². The average Bonchev–Trinajstić information content (AvgIpc) is 2.88. The minimum atomic E-state index is 0.148. The Morgan fingerprint density at radius 2 is 2.56 bits per heavy atom. The molecule has 0 aromatic carbocycles. The molecule has 5 heteroatoms. The monoisotopic (exact) mass is 235 g/mol. The van der Waals surface area contributed by atoms with Crippen LogP contribution in [0.4, 0.5) is 0 Å². The molecule has 1 saturated heterocycles. The van der Waals surface area contributed by atoms with E-state index in [0.717, 1.165) is 30.0 Å². The highest BCUT2D eigenvalue weighted by Crippen LogP contribution is 2.13. The lowest BCUT2D eigenvalue weighted by Crippen LogP contribution is -2.35. The predicted molar refractivity (Wildman–Crippen MR) is 61.9 cm³/mol. The fraction of sp³-hybridized carbons (Fsp3) is 0.455. The third-order valence-corrected chi connectivity index (χ3v) is 3.49. The molecule has 1 aromatic heterocycles.